The second-order valence-corrected chi connectivity index (χ2v) is 10.3. The van der Waals surface area contributed by atoms with Crippen molar-refractivity contribution in [1.82, 2.24) is 9.21 Å². The molecule has 0 saturated carbocycles. The summed E-state index contributed by atoms with van der Waals surface area (Å²) in [6.45, 7) is 0.726. The molecule has 0 unspecified atom stereocenters. The normalized spacial score (nSPS) is 14.7. The first kappa shape index (κ1) is 24.5. The van der Waals surface area contributed by atoms with Gasteiger partial charge in [0, 0.05) is 26.7 Å². The zero-order chi connectivity index (χ0) is 23.3. The molecule has 1 aliphatic rings. The summed E-state index contributed by atoms with van der Waals surface area (Å²) in [5.41, 5.74) is 0.847. The maximum atomic E-state index is 12.8. The van der Waals surface area contributed by atoms with Crippen LogP contribution in [0.4, 0.5) is 0 Å². The molecule has 0 aromatic heterocycles. The molecule has 2 aromatic rings. The van der Waals surface area contributed by atoms with Crippen LogP contribution in [0.1, 0.15) is 35.2 Å². The van der Waals surface area contributed by atoms with Gasteiger partial charge in [0.15, 0.2) is 6.61 Å². The van der Waals surface area contributed by atoms with Gasteiger partial charge < -0.3 is 9.64 Å². The third-order valence-corrected chi connectivity index (χ3v) is 7.81. The number of carbonyl (C=O) groups is 2. The van der Waals surface area contributed by atoms with Gasteiger partial charge in [0.1, 0.15) is 0 Å². The third-order valence-electron chi connectivity index (χ3n) is 5.18. The molecule has 0 radical (unpaired) electrons. The number of hydrogen-bond acceptors (Lipinski definition) is 5. The zero-order valence-electron chi connectivity index (χ0n) is 17.6. The summed E-state index contributed by atoms with van der Waals surface area (Å²) in [4.78, 5) is 26.2. The first-order valence-electron chi connectivity index (χ1n) is 10.1. The lowest BCUT2D eigenvalue weighted by atomic mass is 10.2. The fourth-order valence-corrected chi connectivity index (χ4v) is 5.24. The summed E-state index contributed by atoms with van der Waals surface area (Å²) in [6, 6.07) is 10.7. The Morgan fingerprint density at radius 3 is 2.44 bits per heavy atom. The molecule has 7 nitrogen and oxygen atoms in total. The Morgan fingerprint density at radius 2 is 1.75 bits per heavy atom. The van der Waals surface area contributed by atoms with Gasteiger partial charge in [-0.2, -0.15) is 4.31 Å². The van der Waals surface area contributed by atoms with Crippen molar-refractivity contribution in [3.63, 3.8) is 0 Å². The minimum absolute atomic E-state index is 0.0388. The van der Waals surface area contributed by atoms with E-state index in [-0.39, 0.29) is 17.0 Å². The number of ether oxygens (including phenoxy) is 1. The number of hydrogen-bond donors (Lipinski definition) is 0. The second-order valence-electron chi connectivity index (χ2n) is 7.57. The molecule has 3 rings (SSSR count). The lowest BCUT2D eigenvalue weighted by Gasteiger charge is -2.26. The predicted octanol–water partition coefficient (Wildman–Crippen LogP) is 3.98. The summed E-state index contributed by atoms with van der Waals surface area (Å²) < 4.78 is 32.2. The summed E-state index contributed by atoms with van der Waals surface area (Å²) in [7, 11) is -2.10. The van der Waals surface area contributed by atoms with Gasteiger partial charge >= 0.3 is 5.97 Å². The Balaban J connectivity index is 1.60. The molecular weight excluding hydrogens is 475 g/mol. The Labute approximate surface area is 197 Å². The molecule has 1 saturated heterocycles. The third kappa shape index (κ3) is 6.01. The molecule has 1 fully saturated rings. The molecular formula is C22H24Cl2N2O5S. The smallest absolute Gasteiger partial charge is 0.338 e. The first-order valence-corrected chi connectivity index (χ1v) is 12.3. The van der Waals surface area contributed by atoms with Crippen molar-refractivity contribution in [2.75, 3.05) is 26.7 Å². The summed E-state index contributed by atoms with van der Waals surface area (Å²) in [6.07, 6.45) is 2.64. The Hall–Kier alpha value is -2.13. The van der Waals surface area contributed by atoms with Gasteiger partial charge in [-0.15, -0.1) is 0 Å². The van der Waals surface area contributed by atoms with E-state index in [0.29, 0.717) is 23.1 Å². The molecule has 32 heavy (non-hydrogen) atoms. The minimum Gasteiger partial charge on any atom is -0.452 e. The van der Waals surface area contributed by atoms with Gasteiger partial charge in [-0.05, 0) is 48.7 Å². The predicted molar refractivity (Wildman–Crippen MR) is 122 cm³/mol. The number of rotatable bonds is 7. The Bertz CT molecular complexity index is 1100. The van der Waals surface area contributed by atoms with Crippen LogP contribution in [0.3, 0.4) is 0 Å². The van der Waals surface area contributed by atoms with E-state index in [1.54, 1.807) is 25.2 Å². The van der Waals surface area contributed by atoms with Crippen molar-refractivity contribution >= 4 is 45.1 Å². The van der Waals surface area contributed by atoms with Crippen LogP contribution in [0.5, 0.6) is 0 Å². The number of likely N-dealkylation sites (N-methyl/N-ethyl adjacent to an activating group) is 1. The minimum atomic E-state index is -3.67. The van der Waals surface area contributed by atoms with Crippen LogP contribution in [-0.2, 0) is 26.1 Å². The number of sulfonamides is 1. The molecule has 0 aliphatic carbocycles. The molecule has 1 aliphatic heterocycles. The molecule has 0 N–H and O–H groups in total. The lowest BCUT2D eigenvalue weighted by Crippen LogP contribution is -2.35. The van der Waals surface area contributed by atoms with E-state index >= 15 is 0 Å². The molecule has 10 heteroatoms. The average Bonchev–Trinajstić information content (AvgIpc) is 2.80. The lowest BCUT2D eigenvalue weighted by molar-refractivity contribution is -0.133. The van der Waals surface area contributed by atoms with Gasteiger partial charge in [0.05, 0.1) is 20.5 Å². The van der Waals surface area contributed by atoms with Gasteiger partial charge in [-0.1, -0.05) is 41.8 Å². The molecule has 0 spiro atoms. The zero-order valence-corrected chi connectivity index (χ0v) is 19.9. The maximum absolute atomic E-state index is 12.8. The summed E-state index contributed by atoms with van der Waals surface area (Å²) in [5.74, 6) is -1.18. The fourth-order valence-electron chi connectivity index (χ4n) is 3.36. The van der Waals surface area contributed by atoms with E-state index in [1.165, 1.54) is 33.5 Å². The van der Waals surface area contributed by atoms with Gasteiger partial charge in [0.2, 0.25) is 10.0 Å². The van der Waals surface area contributed by atoms with Gasteiger partial charge in [0.25, 0.3) is 5.91 Å². The molecule has 1 amide bonds. The quantitative estimate of drug-likeness (QED) is 0.539. The maximum Gasteiger partial charge on any atom is 0.338 e. The van der Waals surface area contributed by atoms with E-state index in [9.17, 15) is 18.0 Å². The highest BCUT2D eigenvalue weighted by molar-refractivity contribution is 7.89. The van der Waals surface area contributed by atoms with Gasteiger partial charge in [-0.3, -0.25) is 4.79 Å². The van der Waals surface area contributed by atoms with Crippen molar-refractivity contribution in [2.24, 2.45) is 0 Å². The Morgan fingerprint density at radius 1 is 1.03 bits per heavy atom. The highest BCUT2D eigenvalue weighted by Crippen LogP contribution is 2.23. The highest BCUT2D eigenvalue weighted by Gasteiger charge is 2.26. The number of piperidine rings is 1. The van der Waals surface area contributed by atoms with E-state index in [0.717, 1.165) is 24.8 Å². The number of carbonyl (C=O) groups excluding carboxylic acids is 2. The molecule has 0 bridgehead atoms. The van der Waals surface area contributed by atoms with Crippen LogP contribution >= 0.6 is 23.2 Å². The van der Waals surface area contributed by atoms with Crippen LogP contribution in [0, 0.1) is 0 Å². The van der Waals surface area contributed by atoms with Crippen LogP contribution < -0.4 is 0 Å². The second kappa shape index (κ2) is 10.7. The Kier molecular flexibility index (Phi) is 8.16. The topological polar surface area (TPSA) is 84.0 Å². The van der Waals surface area contributed by atoms with Crippen LogP contribution in [0.2, 0.25) is 10.0 Å². The molecule has 2 aromatic carbocycles. The first-order chi connectivity index (χ1) is 15.2. The van der Waals surface area contributed by atoms with Crippen LogP contribution in [0.15, 0.2) is 47.4 Å². The monoisotopic (exact) mass is 498 g/mol. The fraction of sp³-hybridized carbons (Fsp3) is 0.364. The van der Waals surface area contributed by atoms with Crippen LogP contribution in [-0.4, -0.2) is 56.2 Å². The number of amides is 1. The average molecular weight is 499 g/mol. The standard InChI is InChI=1S/C22H24Cl2N2O5S/c1-25(14-16-8-9-19(23)20(24)12-16)21(27)15-31-22(28)17-6-5-7-18(13-17)32(29,30)26-10-3-2-4-11-26/h5-9,12-13H,2-4,10-11,14-15H2,1H3. The number of benzene rings is 2. The molecule has 172 valence electrons. The highest BCUT2D eigenvalue weighted by atomic mass is 35.5. The van der Waals surface area contributed by atoms with E-state index in [1.807, 2.05) is 0 Å². The SMILES string of the molecule is CN(Cc1ccc(Cl)c(Cl)c1)C(=O)COC(=O)c1cccc(S(=O)(=O)N2CCCCC2)c1. The summed E-state index contributed by atoms with van der Waals surface area (Å²) in [5, 5.41) is 0.804. The van der Waals surface area contributed by atoms with E-state index in [4.69, 9.17) is 27.9 Å². The van der Waals surface area contributed by atoms with Crippen molar-refractivity contribution < 1.29 is 22.7 Å². The van der Waals surface area contributed by atoms with Crippen molar-refractivity contribution in [3.05, 3.63) is 63.6 Å². The largest absolute Gasteiger partial charge is 0.452 e. The van der Waals surface area contributed by atoms with Crippen molar-refractivity contribution in [1.29, 1.82) is 0 Å². The molecule has 1 heterocycles. The molecule has 0 atom stereocenters. The van der Waals surface area contributed by atoms with Crippen LogP contribution in [0.25, 0.3) is 0 Å². The number of halogens is 2. The van der Waals surface area contributed by atoms with Gasteiger partial charge in [-0.25, -0.2) is 13.2 Å². The van der Waals surface area contributed by atoms with Crippen molar-refractivity contribution in [3.8, 4) is 0 Å². The number of esters is 1. The summed E-state index contributed by atoms with van der Waals surface area (Å²) >= 11 is 11.9. The van der Waals surface area contributed by atoms with E-state index < -0.39 is 28.5 Å². The number of nitrogens with zero attached hydrogens (tertiary/aromatic N) is 2. The van der Waals surface area contributed by atoms with E-state index in [2.05, 4.69) is 0 Å². The van der Waals surface area contributed by atoms with Crippen molar-refractivity contribution in [2.45, 2.75) is 30.7 Å².